The second-order valence-electron chi connectivity index (χ2n) is 10.4. The summed E-state index contributed by atoms with van der Waals surface area (Å²) in [4.78, 5) is 13.3. The Bertz CT molecular complexity index is 1070. The van der Waals surface area contributed by atoms with Gasteiger partial charge in [0.1, 0.15) is 17.0 Å². The Kier molecular flexibility index (Phi) is 7.13. The summed E-state index contributed by atoms with van der Waals surface area (Å²) in [5, 5.41) is 11.7. The fourth-order valence-corrected chi connectivity index (χ4v) is 5.91. The van der Waals surface area contributed by atoms with E-state index in [1.165, 1.54) is 0 Å². The minimum absolute atomic E-state index is 0.0976. The van der Waals surface area contributed by atoms with E-state index in [9.17, 15) is 9.90 Å². The first-order valence-electron chi connectivity index (χ1n) is 13.1. The molecule has 3 aliphatic rings. The van der Waals surface area contributed by atoms with Crippen LogP contribution >= 0.6 is 0 Å². The summed E-state index contributed by atoms with van der Waals surface area (Å²) in [5.41, 5.74) is -0.415. The van der Waals surface area contributed by atoms with Crippen LogP contribution in [0.15, 0.2) is 91.0 Å². The second kappa shape index (κ2) is 10.5. The van der Waals surface area contributed by atoms with Crippen LogP contribution in [0, 0.1) is 0 Å². The lowest BCUT2D eigenvalue weighted by Crippen LogP contribution is -2.65. The second-order valence-corrected chi connectivity index (χ2v) is 10.4. The number of nitrogens with zero attached hydrogens (tertiary/aromatic N) is 1. The fraction of sp³-hybridized carbons (Fsp3) is 0.387. The van der Waals surface area contributed by atoms with E-state index in [0.717, 1.165) is 68.7 Å². The summed E-state index contributed by atoms with van der Waals surface area (Å²) in [6.45, 7) is 4.90. The number of hydrogen-bond acceptors (Lipinski definition) is 4. The molecule has 5 nitrogen and oxygen atoms in total. The van der Waals surface area contributed by atoms with Gasteiger partial charge in [-0.1, -0.05) is 78.9 Å². The topological polar surface area (TPSA) is 55.8 Å². The van der Waals surface area contributed by atoms with Gasteiger partial charge in [0.05, 0.1) is 39.2 Å². The first kappa shape index (κ1) is 24.5. The summed E-state index contributed by atoms with van der Waals surface area (Å²) in [5.74, 6) is 0.593. The number of hydrogen-bond donors (Lipinski definition) is 1. The molecule has 3 fully saturated rings. The van der Waals surface area contributed by atoms with Gasteiger partial charge in [-0.25, -0.2) is 0 Å². The van der Waals surface area contributed by atoms with Gasteiger partial charge in [-0.2, -0.15) is 0 Å². The van der Waals surface area contributed by atoms with Gasteiger partial charge in [-0.05, 0) is 23.3 Å². The number of piperidine rings is 3. The molecule has 36 heavy (non-hydrogen) atoms. The molecule has 5 heteroatoms. The zero-order chi connectivity index (χ0) is 24.9. The van der Waals surface area contributed by atoms with Crippen molar-refractivity contribution in [3.05, 3.63) is 102 Å². The van der Waals surface area contributed by atoms with Crippen molar-refractivity contribution < 1.29 is 23.9 Å². The summed E-state index contributed by atoms with van der Waals surface area (Å²) in [7, 11) is 0. The number of ether oxygens (including phenoxy) is 2. The summed E-state index contributed by atoms with van der Waals surface area (Å²) < 4.78 is 13.2. The molecule has 3 aromatic rings. The number of esters is 1. The predicted molar refractivity (Wildman–Crippen MR) is 139 cm³/mol. The standard InChI is InChI=1S/C31H36NO4/c33-29(25-31(34,26-11-4-1-5-12-26)27-13-6-2-7-14-27)36-30-17-21-32(22-18-30,23-19-30)20-10-24-35-28-15-8-3-9-16-28/h1-9,11-16,34H,10,17-25H2/q+1. The van der Waals surface area contributed by atoms with E-state index in [-0.39, 0.29) is 12.4 Å². The van der Waals surface area contributed by atoms with E-state index >= 15 is 0 Å². The number of benzene rings is 3. The Morgan fingerprint density at radius 1 is 0.806 bits per heavy atom. The van der Waals surface area contributed by atoms with Gasteiger partial charge in [0.25, 0.3) is 0 Å². The molecule has 3 heterocycles. The van der Waals surface area contributed by atoms with Crippen molar-refractivity contribution in [2.24, 2.45) is 0 Å². The highest BCUT2D eigenvalue weighted by atomic mass is 16.6. The normalized spacial score (nSPS) is 23.2. The largest absolute Gasteiger partial charge is 0.493 e. The predicted octanol–water partition coefficient (Wildman–Crippen LogP) is 5.08. The van der Waals surface area contributed by atoms with Crippen LogP contribution in [0.4, 0.5) is 0 Å². The maximum atomic E-state index is 13.3. The molecular weight excluding hydrogens is 450 g/mol. The smallest absolute Gasteiger partial charge is 0.310 e. The van der Waals surface area contributed by atoms with Crippen LogP contribution in [0.25, 0.3) is 0 Å². The molecule has 2 bridgehead atoms. The van der Waals surface area contributed by atoms with E-state index < -0.39 is 11.2 Å². The third-order valence-electron chi connectivity index (χ3n) is 8.15. The molecule has 188 valence electrons. The van der Waals surface area contributed by atoms with E-state index in [2.05, 4.69) is 0 Å². The number of rotatable bonds is 10. The Balaban J connectivity index is 1.18. The zero-order valence-electron chi connectivity index (χ0n) is 20.9. The van der Waals surface area contributed by atoms with Gasteiger partial charge >= 0.3 is 5.97 Å². The highest BCUT2D eigenvalue weighted by Crippen LogP contribution is 2.41. The van der Waals surface area contributed by atoms with Crippen LogP contribution < -0.4 is 4.74 Å². The van der Waals surface area contributed by atoms with Crippen LogP contribution in [0.3, 0.4) is 0 Å². The Morgan fingerprint density at radius 2 is 1.31 bits per heavy atom. The zero-order valence-corrected chi connectivity index (χ0v) is 20.9. The molecule has 1 N–H and O–H groups in total. The van der Waals surface area contributed by atoms with Gasteiger partial charge in [-0.15, -0.1) is 0 Å². The molecule has 3 saturated heterocycles. The van der Waals surface area contributed by atoms with Gasteiger partial charge < -0.3 is 19.1 Å². The van der Waals surface area contributed by atoms with Crippen LogP contribution in [0.2, 0.25) is 0 Å². The fourth-order valence-electron chi connectivity index (χ4n) is 5.91. The minimum atomic E-state index is -1.42. The quantitative estimate of drug-likeness (QED) is 0.247. The highest BCUT2D eigenvalue weighted by Gasteiger charge is 2.51. The average molecular weight is 487 g/mol. The van der Waals surface area contributed by atoms with Crippen LogP contribution in [0.5, 0.6) is 5.75 Å². The van der Waals surface area contributed by atoms with Crippen molar-refractivity contribution in [2.45, 2.75) is 43.3 Å². The van der Waals surface area contributed by atoms with Gasteiger partial charge in [-0.3, -0.25) is 4.79 Å². The van der Waals surface area contributed by atoms with Gasteiger partial charge in [0.15, 0.2) is 0 Å². The summed E-state index contributed by atoms with van der Waals surface area (Å²) in [6.07, 6.45) is 3.57. The monoisotopic (exact) mass is 486 g/mol. The molecule has 0 amide bonds. The van der Waals surface area contributed by atoms with Gasteiger partial charge in [0, 0.05) is 25.7 Å². The lowest BCUT2D eigenvalue weighted by molar-refractivity contribution is -0.944. The van der Waals surface area contributed by atoms with Gasteiger partial charge in [0.2, 0.25) is 0 Å². The molecular formula is C31H36NO4+. The van der Waals surface area contributed by atoms with Crippen molar-refractivity contribution in [3.8, 4) is 5.75 Å². The first-order valence-corrected chi connectivity index (χ1v) is 13.1. The average Bonchev–Trinajstić information content (AvgIpc) is 2.93. The van der Waals surface area contributed by atoms with Crippen molar-refractivity contribution in [1.29, 1.82) is 0 Å². The third-order valence-corrected chi connectivity index (χ3v) is 8.15. The number of carbonyl (C=O) groups excluding carboxylic acids is 1. The highest BCUT2D eigenvalue weighted by molar-refractivity contribution is 5.73. The van der Waals surface area contributed by atoms with Crippen LogP contribution in [0.1, 0.15) is 43.2 Å². The van der Waals surface area contributed by atoms with Crippen molar-refractivity contribution >= 4 is 5.97 Å². The van der Waals surface area contributed by atoms with Crippen molar-refractivity contribution in [2.75, 3.05) is 32.8 Å². The van der Waals surface area contributed by atoms with Crippen molar-refractivity contribution in [3.63, 3.8) is 0 Å². The molecule has 6 rings (SSSR count). The molecule has 0 unspecified atom stereocenters. The third kappa shape index (κ3) is 5.32. The molecule has 0 radical (unpaired) electrons. The molecule has 0 atom stereocenters. The maximum Gasteiger partial charge on any atom is 0.310 e. The SMILES string of the molecule is O=C(CC(O)(c1ccccc1)c1ccccc1)OC12CC[N+](CCCOc3ccccc3)(CC1)CC2. The first-order chi connectivity index (χ1) is 17.5. The van der Waals surface area contributed by atoms with E-state index in [1.54, 1.807) is 0 Å². The van der Waals surface area contributed by atoms with E-state index in [1.807, 2.05) is 91.0 Å². The number of carbonyl (C=O) groups is 1. The van der Waals surface area contributed by atoms with E-state index in [0.29, 0.717) is 11.1 Å². The lowest BCUT2D eigenvalue weighted by atomic mass is 9.80. The molecule has 0 spiro atoms. The van der Waals surface area contributed by atoms with Crippen LogP contribution in [-0.2, 0) is 15.1 Å². The number of fused-ring (bicyclic) bond motifs is 3. The maximum absolute atomic E-state index is 13.3. The number of aliphatic hydroxyl groups is 1. The molecule has 3 aromatic carbocycles. The van der Waals surface area contributed by atoms with Crippen LogP contribution in [-0.4, -0.2) is 53.9 Å². The number of quaternary nitrogens is 1. The molecule has 0 aromatic heterocycles. The van der Waals surface area contributed by atoms with Crippen molar-refractivity contribution in [1.82, 2.24) is 0 Å². The minimum Gasteiger partial charge on any atom is -0.493 e. The summed E-state index contributed by atoms with van der Waals surface area (Å²) >= 11 is 0. The Labute approximate surface area is 213 Å². The molecule has 0 aliphatic carbocycles. The molecule has 0 saturated carbocycles. The Hall–Kier alpha value is -3.15. The van der Waals surface area contributed by atoms with E-state index in [4.69, 9.17) is 9.47 Å². The lowest BCUT2D eigenvalue weighted by Gasteiger charge is -2.54. The number of para-hydroxylation sites is 1. The molecule has 3 aliphatic heterocycles. The Morgan fingerprint density at radius 3 is 1.83 bits per heavy atom. The summed E-state index contributed by atoms with van der Waals surface area (Å²) in [6, 6.07) is 28.8.